The van der Waals surface area contributed by atoms with Crippen LogP contribution in [-0.2, 0) is 0 Å². The van der Waals surface area contributed by atoms with Crippen LogP contribution >= 0.6 is 0 Å². The van der Waals surface area contributed by atoms with E-state index < -0.39 is 5.82 Å². The van der Waals surface area contributed by atoms with Gasteiger partial charge in [-0.2, -0.15) is 5.10 Å². The zero-order chi connectivity index (χ0) is 20.2. The van der Waals surface area contributed by atoms with E-state index in [4.69, 9.17) is 0 Å². The Kier molecular flexibility index (Phi) is 5.19. The lowest BCUT2D eigenvalue weighted by Crippen LogP contribution is -2.51. The number of carbonyl (C=O) groups is 2. The van der Waals surface area contributed by atoms with Crippen LogP contribution in [0.4, 0.5) is 14.9 Å². The van der Waals surface area contributed by atoms with Gasteiger partial charge in [-0.1, -0.05) is 6.07 Å². The Hall–Kier alpha value is -3.75. The van der Waals surface area contributed by atoms with Crippen LogP contribution in [0.3, 0.4) is 0 Å². The van der Waals surface area contributed by atoms with Gasteiger partial charge in [-0.3, -0.25) is 4.79 Å². The van der Waals surface area contributed by atoms with Gasteiger partial charge in [0.1, 0.15) is 18.5 Å². The molecule has 1 fully saturated rings. The molecular formula is C20H19FN6O2. The molecule has 0 spiro atoms. The first kappa shape index (κ1) is 18.6. The third-order valence-corrected chi connectivity index (χ3v) is 4.73. The molecule has 0 bridgehead atoms. The van der Waals surface area contributed by atoms with Gasteiger partial charge in [-0.15, -0.1) is 0 Å². The normalized spacial score (nSPS) is 14.0. The van der Waals surface area contributed by atoms with Gasteiger partial charge in [0.05, 0.1) is 5.69 Å². The van der Waals surface area contributed by atoms with Crippen molar-refractivity contribution < 1.29 is 14.0 Å². The number of nitrogens with one attached hydrogen (secondary N) is 1. The highest BCUT2D eigenvalue weighted by Crippen LogP contribution is 2.15. The van der Waals surface area contributed by atoms with Crippen LogP contribution in [0.5, 0.6) is 0 Å². The number of urea groups is 1. The van der Waals surface area contributed by atoms with Gasteiger partial charge in [0.25, 0.3) is 5.91 Å². The summed E-state index contributed by atoms with van der Waals surface area (Å²) < 4.78 is 15.0. The van der Waals surface area contributed by atoms with Crippen molar-refractivity contribution in [1.29, 1.82) is 0 Å². The third-order valence-electron chi connectivity index (χ3n) is 4.73. The second-order valence-electron chi connectivity index (χ2n) is 6.61. The molecule has 0 atom stereocenters. The molecule has 1 aliphatic rings. The van der Waals surface area contributed by atoms with Crippen LogP contribution in [0.1, 0.15) is 10.4 Å². The maximum absolute atomic E-state index is 13.3. The SMILES string of the molecule is O=C(Nc1ccc(-n2cncn2)cc1)N1CCN(C(=O)c2cccc(F)c2)CC1. The van der Waals surface area contributed by atoms with Gasteiger partial charge >= 0.3 is 6.03 Å². The lowest BCUT2D eigenvalue weighted by atomic mass is 10.2. The number of benzene rings is 2. The molecule has 8 nitrogen and oxygen atoms in total. The van der Waals surface area contributed by atoms with Gasteiger partial charge in [0.2, 0.25) is 0 Å². The Morgan fingerprint density at radius 1 is 0.966 bits per heavy atom. The van der Waals surface area contributed by atoms with Crippen molar-refractivity contribution in [2.45, 2.75) is 0 Å². The smallest absolute Gasteiger partial charge is 0.321 e. The Labute approximate surface area is 166 Å². The standard InChI is InChI=1S/C20H19FN6O2/c21-16-3-1-2-15(12-16)19(28)25-8-10-26(11-9-25)20(29)24-17-4-6-18(7-5-17)27-14-22-13-23-27/h1-7,12-14H,8-11H2,(H,24,29). The Morgan fingerprint density at radius 2 is 1.69 bits per heavy atom. The van der Waals surface area contributed by atoms with Gasteiger partial charge in [-0.25, -0.2) is 18.9 Å². The first-order chi connectivity index (χ1) is 14.1. The van der Waals surface area contributed by atoms with E-state index >= 15 is 0 Å². The highest BCUT2D eigenvalue weighted by atomic mass is 19.1. The molecule has 148 valence electrons. The van der Waals surface area contributed by atoms with Crippen molar-refractivity contribution >= 4 is 17.6 Å². The summed E-state index contributed by atoms with van der Waals surface area (Å²) >= 11 is 0. The van der Waals surface area contributed by atoms with Gasteiger partial charge < -0.3 is 15.1 Å². The summed E-state index contributed by atoms with van der Waals surface area (Å²) in [5.41, 5.74) is 1.82. The average molecular weight is 394 g/mol. The van der Waals surface area contributed by atoms with Crippen LogP contribution in [0.25, 0.3) is 5.69 Å². The highest BCUT2D eigenvalue weighted by Gasteiger charge is 2.25. The predicted octanol–water partition coefficient (Wildman–Crippen LogP) is 2.40. The topological polar surface area (TPSA) is 83.4 Å². The molecule has 29 heavy (non-hydrogen) atoms. The Bertz CT molecular complexity index is 998. The summed E-state index contributed by atoms with van der Waals surface area (Å²) in [7, 11) is 0. The maximum atomic E-state index is 13.3. The van der Waals surface area contributed by atoms with E-state index in [1.54, 1.807) is 39.0 Å². The molecule has 1 aromatic heterocycles. The molecule has 9 heteroatoms. The quantitative estimate of drug-likeness (QED) is 0.739. The zero-order valence-corrected chi connectivity index (χ0v) is 15.5. The van der Waals surface area contributed by atoms with Gasteiger partial charge in [-0.05, 0) is 42.5 Å². The lowest BCUT2D eigenvalue weighted by Gasteiger charge is -2.34. The molecule has 1 N–H and O–H groups in total. The highest BCUT2D eigenvalue weighted by molar-refractivity contribution is 5.94. The molecule has 3 aromatic rings. The number of anilines is 1. The van der Waals surface area contributed by atoms with Crippen molar-refractivity contribution in [3.63, 3.8) is 0 Å². The van der Waals surface area contributed by atoms with Crippen molar-refractivity contribution in [2.75, 3.05) is 31.5 Å². The number of amides is 3. The monoisotopic (exact) mass is 394 g/mol. The van der Waals surface area contributed by atoms with Crippen LogP contribution in [0.2, 0.25) is 0 Å². The Balaban J connectivity index is 1.31. The summed E-state index contributed by atoms with van der Waals surface area (Å²) in [6, 6.07) is 12.7. The van der Waals surface area contributed by atoms with Crippen LogP contribution < -0.4 is 5.32 Å². The second kappa shape index (κ2) is 8.09. The maximum Gasteiger partial charge on any atom is 0.321 e. The van der Waals surface area contributed by atoms with E-state index in [-0.39, 0.29) is 11.9 Å². The lowest BCUT2D eigenvalue weighted by molar-refractivity contribution is 0.0671. The molecule has 0 radical (unpaired) electrons. The number of hydrogen-bond acceptors (Lipinski definition) is 4. The predicted molar refractivity (Wildman–Crippen MR) is 104 cm³/mol. The minimum Gasteiger partial charge on any atom is -0.335 e. The minimum atomic E-state index is -0.441. The second-order valence-corrected chi connectivity index (χ2v) is 6.61. The number of hydrogen-bond donors (Lipinski definition) is 1. The van der Waals surface area contributed by atoms with Crippen LogP contribution in [0.15, 0.2) is 61.2 Å². The van der Waals surface area contributed by atoms with Crippen LogP contribution in [-0.4, -0.2) is 62.7 Å². The third kappa shape index (κ3) is 4.23. The molecule has 0 unspecified atom stereocenters. The molecular weight excluding hydrogens is 375 g/mol. The van der Waals surface area contributed by atoms with Crippen molar-refractivity contribution in [3.8, 4) is 5.69 Å². The van der Waals surface area contributed by atoms with E-state index in [9.17, 15) is 14.0 Å². The fourth-order valence-corrected chi connectivity index (χ4v) is 3.16. The molecule has 1 saturated heterocycles. The number of rotatable bonds is 3. The molecule has 1 aliphatic heterocycles. The summed E-state index contributed by atoms with van der Waals surface area (Å²) in [6.07, 6.45) is 3.05. The summed E-state index contributed by atoms with van der Waals surface area (Å²) in [4.78, 5) is 32.2. The molecule has 2 heterocycles. The van der Waals surface area contributed by atoms with E-state index in [0.717, 1.165) is 5.69 Å². The molecule has 4 rings (SSSR count). The van der Waals surface area contributed by atoms with E-state index in [1.165, 1.54) is 24.5 Å². The number of nitrogens with zero attached hydrogens (tertiary/aromatic N) is 5. The molecule has 0 saturated carbocycles. The van der Waals surface area contributed by atoms with E-state index in [1.807, 2.05) is 12.1 Å². The number of piperazine rings is 1. The first-order valence-corrected chi connectivity index (χ1v) is 9.16. The summed E-state index contributed by atoms with van der Waals surface area (Å²) in [5, 5.41) is 6.91. The van der Waals surface area contributed by atoms with Crippen molar-refractivity contribution in [1.82, 2.24) is 24.6 Å². The average Bonchev–Trinajstić information content (AvgIpc) is 3.29. The molecule has 2 aromatic carbocycles. The van der Waals surface area contributed by atoms with Gasteiger partial charge in [0, 0.05) is 37.4 Å². The minimum absolute atomic E-state index is 0.226. The number of carbonyl (C=O) groups excluding carboxylic acids is 2. The molecule has 0 aliphatic carbocycles. The first-order valence-electron chi connectivity index (χ1n) is 9.16. The Morgan fingerprint density at radius 3 is 2.34 bits per heavy atom. The summed E-state index contributed by atoms with van der Waals surface area (Å²) in [5.74, 6) is -0.669. The largest absolute Gasteiger partial charge is 0.335 e. The summed E-state index contributed by atoms with van der Waals surface area (Å²) in [6.45, 7) is 1.61. The molecule has 3 amide bonds. The van der Waals surface area contributed by atoms with Crippen LogP contribution in [0, 0.1) is 5.82 Å². The fraction of sp³-hybridized carbons (Fsp3) is 0.200. The van der Waals surface area contributed by atoms with Gasteiger partial charge in [0.15, 0.2) is 0 Å². The van der Waals surface area contributed by atoms with Crippen molar-refractivity contribution in [2.24, 2.45) is 0 Å². The fourth-order valence-electron chi connectivity index (χ4n) is 3.16. The number of aromatic nitrogens is 3. The zero-order valence-electron chi connectivity index (χ0n) is 15.5. The van der Waals surface area contributed by atoms with E-state index in [0.29, 0.717) is 37.4 Å². The number of halogens is 1. The van der Waals surface area contributed by atoms with E-state index in [2.05, 4.69) is 15.4 Å². The van der Waals surface area contributed by atoms with Crippen molar-refractivity contribution in [3.05, 3.63) is 72.6 Å².